The smallest absolute Gasteiger partial charge is 0.222 e. The maximum absolute atomic E-state index is 12.4. The molecular formula is C16H31N3O. The van der Waals surface area contributed by atoms with Crippen LogP contribution in [0.1, 0.15) is 51.4 Å². The molecule has 0 bridgehead atoms. The number of amides is 1. The van der Waals surface area contributed by atoms with Crippen molar-refractivity contribution >= 4 is 5.91 Å². The summed E-state index contributed by atoms with van der Waals surface area (Å²) in [5.74, 6) is 0.808. The Balaban J connectivity index is 1.82. The first-order chi connectivity index (χ1) is 9.43. The zero-order valence-corrected chi connectivity index (χ0v) is 13.4. The summed E-state index contributed by atoms with van der Waals surface area (Å²) in [6, 6.07) is 0.312. The molecule has 0 radical (unpaired) electrons. The summed E-state index contributed by atoms with van der Waals surface area (Å²) < 4.78 is 0. The second-order valence-corrected chi connectivity index (χ2v) is 7.22. The van der Waals surface area contributed by atoms with Crippen molar-refractivity contribution in [2.75, 3.05) is 27.7 Å². The number of rotatable bonds is 5. The van der Waals surface area contributed by atoms with Gasteiger partial charge in [-0.05, 0) is 58.5 Å². The summed E-state index contributed by atoms with van der Waals surface area (Å²) >= 11 is 0. The van der Waals surface area contributed by atoms with Gasteiger partial charge in [-0.25, -0.2) is 0 Å². The van der Waals surface area contributed by atoms with Crippen molar-refractivity contribution < 1.29 is 4.79 Å². The highest BCUT2D eigenvalue weighted by Crippen LogP contribution is 2.37. The van der Waals surface area contributed by atoms with E-state index in [9.17, 15) is 4.79 Å². The van der Waals surface area contributed by atoms with E-state index in [1.165, 1.54) is 32.1 Å². The van der Waals surface area contributed by atoms with Gasteiger partial charge in [0.05, 0.1) is 0 Å². The van der Waals surface area contributed by atoms with E-state index in [4.69, 9.17) is 5.73 Å². The maximum Gasteiger partial charge on any atom is 0.222 e. The van der Waals surface area contributed by atoms with Crippen LogP contribution in [0.3, 0.4) is 0 Å². The van der Waals surface area contributed by atoms with Crippen LogP contribution in [0.4, 0.5) is 0 Å². The molecule has 0 aromatic heterocycles. The van der Waals surface area contributed by atoms with E-state index in [1.54, 1.807) is 0 Å². The van der Waals surface area contributed by atoms with Crippen LogP contribution in [0.5, 0.6) is 0 Å². The fraction of sp³-hybridized carbons (Fsp3) is 0.938. The average Bonchev–Trinajstić information content (AvgIpc) is 2.32. The third kappa shape index (κ3) is 3.53. The Morgan fingerprint density at radius 3 is 2.40 bits per heavy atom. The first-order valence-electron chi connectivity index (χ1n) is 8.10. The Kier molecular flexibility index (Phi) is 5.08. The summed E-state index contributed by atoms with van der Waals surface area (Å²) in [5.41, 5.74) is 6.25. The SMILES string of the molecule is CN(CC1(N(C)C)CCC1)C(=O)CC1CCCC(N)C1. The van der Waals surface area contributed by atoms with Gasteiger partial charge in [-0.3, -0.25) is 4.79 Å². The molecule has 0 aromatic rings. The molecule has 4 nitrogen and oxygen atoms in total. The second-order valence-electron chi connectivity index (χ2n) is 7.22. The number of nitrogens with two attached hydrogens (primary N) is 1. The standard InChI is InChI=1S/C16H31N3O/c1-18(2)16(8-5-9-16)12-19(3)15(20)11-13-6-4-7-14(17)10-13/h13-14H,4-12,17H2,1-3H3. The Labute approximate surface area is 123 Å². The molecule has 2 aliphatic rings. The normalized spacial score (nSPS) is 29.1. The fourth-order valence-electron chi connectivity index (χ4n) is 3.78. The minimum absolute atomic E-state index is 0.230. The van der Waals surface area contributed by atoms with Crippen molar-refractivity contribution in [3.63, 3.8) is 0 Å². The number of carbonyl (C=O) groups is 1. The average molecular weight is 281 g/mol. The van der Waals surface area contributed by atoms with Crippen LogP contribution >= 0.6 is 0 Å². The number of nitrogens with zero attached hydrogens (tertiary/aromatic N) is 2. The van der Waals surface area contributed by atoms with Gasteiger partial charge < -0.3 is 15.5 Å². The Hall–Kier alpha value is -0.610. The number of carbonyl (C=O) groups excluding carboxylic acids is 1. The molecule has 2 aliphatic carbocycles. The molecule has 2 unspecified atom stereocenters. The molecule has 20 heavy (non-hydrogen) atoms. The summed E-state index contributed by atoms with van der Waals surface area (Å²) in [4.78, 5) is 16.7. The molecule has 1 amide bonds. The van der Waals surface area contributed by atoms with E-state index in [-0.39, 0.29) is 5.54 Å². The molecule has 2 saturated carbocycles. The highest BCUT2D eigenvalue weighted by molar-refractivity contribution is 5.76. The monoisotopic (exact) mass is 281 g/mol. The van der Waals surface area contributed by atoms with E-state index in [1.807, 2.05) is 11.9 Å². The van der Waals surface area contributed by atoms with Gasteiger partial charge in [-0.2, -0.15) is 0 Å². The van der Waals surface area contributed by atoms with E-state index in [2.05, 4.69) is 19.0 Å². The largest absolute Gasteiger partial charge is 0.344 e. The molecule has 0 heterocycles. The van der Waals surface area contributed by atoms with Crippen LogP contribution in [0, 0.1) is 5.92 Å². The van der Waals surface area contributed by atoms with Gasteiger partial charge in [-0.1, -0.05) is 6.42 Å². The first-order valence-corrected chi connectivity index (χ1v) is 8.10. The van der Waals surface area contributed by atoms with Gasteiger partial charge in [0.1, 0.15) is 0 Å². The van der Waals surface area contributed by atoms with Crippen LogP contribution < -0.4 is 5.73 Å². The van der Waals surface area contributed by atoms with Crippen LogP contribution in [0.2, 0.25) is 0 Å². The highest BCUT2D eigenvalue weighted by atomic mass is 16.2. The Morgan fingerprint density at radius 1 is 1.20 bits per heavy atom. The Morgan fingerprint density at radius 2 is 1.90 bits per heavy atom. The molecule has 2 N–H and O–H groups in total. The van der Waals surface area contributed by atoms with E-state index < -0.39 is 0 Å². The molecule has 2 rings (SSSR count). The summed E-state index contributed by atoms with van der Waals surface area (Å²) in [6.45, 7) is 0.873. The lowest BCUT2D eigenvalue weighted by molar-refractivity contribution is -0.134. The minimum Gasteiger partial charge on any atom is -0.344 e. The van der Waals surface area contributed by atoms with Crippen molar-refractivity contribution in [2.45, 2.75) is 62.9 Å². The predicted molar refractivity (Wildman–Crippen MR) is 82.5 cm³/mol. The minimum atomic E-state index is 0.230. The van der Waals surface area contributed by atoms with Gasteiger partial charge in [0.15, 0.2) is 0 Å². The van der Waals surface area contributed by atoms with Crippen LogP contribution in [-0.4, -0.2) is 55.0 Å². The van der Waals surface area contributed by atoms with Gasteiger partial charge >= 0.3 is 0 Å². The van der Waals surface area contributed by atoms with Gasteiger partial charge in [0, 0.05) is 31.6 Å². The van der Waals surface area contributed by atoms with Crippen molar-refractivity contribution in [1.29, 1.82) is 0 Å². The maximum atomic E-state index is 12.4. The molecule has 2 fully saturated rings. The number of hydrogen-bond donors (Lipinski definition) is 1. The third-order valence-electron chi connectivity index (χ3n) is 5.48. The zero-order valence-electron chi connectivity index (χ0n) is 13.4. The number of likely N-dealkylation sites (N-methyl/N-ethyl adjacent to an activating group) is 2. The van der Waals surface area contributed by atoms with E-state index >= 15 is 0 Å². The lowest BCUT2D eigenvalue weighted by atomic mass is 9.75. The van der Waals surface area contributed by atoms with Crippen LogP contribution in [0.15, 0.2) is 0 Å². The van der Waals surface area contributed by atoms with Crippen molar-refractivity contribution in [3.8, 4) is 0 Å². The quantitative estimate of drug-likeness (QED) is 0.836. The first kappa shape index (κ1) is 15.8. The topological polar surface area (TPSA) is 49.6 Å². The molecule has 0 aliphatic heterocycles. The van der Waals surface area contributed by atoms with Crippen LogP contribution in [-0.2, 0) is 4.79 Å². The molecule has 0 aromatic carbocycles. The molecule has 0 saturated heterocycles. The summed E-state index contributed by atoms with van der Waals surface area (Å²) in [7, 11) is 6.24. The zero-order chi connectivity index (χ0) is 14.8. The van der Waals surface area contributed by atoms with E-state index in [0.29, 0.717) is 24.3 Å². The van der Waals surface area contributed by atoms with Crippen molar-refractivity contribution in [2.24, 2.45) is 11.7 Å². The van der Waals surface area contributed by atoms with Crippen molar-refractivity contribution in [3.05, 3.63) is 0 Å². The second kappa shape index (κ2) is 6.44. The van der Waals surface area contributed by atoms with Gasteiger partial charge in [0.2, 0.25) is 5.91 Å². The molecule has 0 spiro atoms. The molecule has 4 heteroatoms. The Bertz CT molecular complexity index is 339. The number of hydrogen-bond acceptors (Lipinski definition) is 3. The van der Waals surface area contributed by atoms with Crippen LogP contribution in [0.25, 0.3) is 0 Å². The van der Waals surface area contributed by atoms with Gasteiger partial charge in [0.25, 0.3) is 0 Å². The molecule has 116 valence electrons. The lowest BCUT2D eigenvalue weighted by Gasteiger charge is -2.49. The predicted octanol–water partition coefficient (Wildman–Crippen LogP) is 1.84. The lowest BCUT2D eigenvalue weighted by Crippen LogP contribution is -2.57. The third-order valence-corrected chi connectivity index (χ3v) is 5.48. The molecular weight excluding hydrogens is 250 g/mol. The highest BCUT2D eigenvalue weighted by Gasteiger charge is 2.40. The molecule has 2 atom stereocenters. The van der Waals surface area contributed by atoms with Crippen molar-refractivity contribution in [1.82, 2.24) is 9.80 Å². The summed E-state index contributed by atoms with van der Waals surface area (Å²) in [6.07, 6.45) is 8.92. The fourth-order valence-corrected chi connectivity index (χ4v) is 3.78. The van der Waals surface area contributed by atoms with Gasteiger partial charge in [-0.15, -0.1) is 0 Å². The summed E-state index contributed by atoms with van der Waals surface area (Å²) in [5, 5.41) is 0. The van der Waals surface area contributed by atoms with E-state index in [0.717, 1.165) is 19.4 Å².